The van der Waals surface area contributed by atoms with Gasteiger partial charge in [-0.25, -0.2) is 0 Å². The maximum atomic E-state index is 7.62. The summed E-state index contributed by atoms with van der Waals surface area (Å²) in [4.78, 5) is 0. The van der Waals surface area contributed by atoms with Crippen LogP contribution in [0.15, 0.2) is 25.3 Å². The normalized spacial score (nSPS) is 6.88. The van der Waals surface area contributed by atoms with E-state index >= 15 is 0 Å². The first-order chi connectivity index (χ1) is 7.66. The average Bonchev–Trinajstić information content (AvgIpc) is 2.29. The number of hydrogen-bond acceptors (Lipinski definition) is 3. The highest BCUT2D eigenvalue weighted by Crippen LogP contribution is 1.83. The molecule has 0 aromatic rings. The SMILES string of the molecule is C=CC.C=CC.CCCCOC.OCCO. The van der Waals surface area contributed by atoms with Gasteiger partial charge in [-0.2, -0.15) is 0 Å². The van der Waals surface area contributed by atoms with E-state index in [0.717, 1.165) is 6.61 Å². The number of aliphatic hydroxyl groups excluding tert-OH is 2. The van der Waals surface area contributed by atoms with Gasteiger partial charge in [0.25, 0.3) is 0 Å². The smallest absolute Gasteiger partial charge is 0.0662 e. The van der Waals surface area contributed by atoms with Crippen molar-refractivity contribution in [1.82, 2.24) is 0 Å². The molecule has 0 aliphatic heterocycles. The van der Waals surface area contributed by atoms with Crippen LogP contribution in [0, 0.1) is 0 Å². The Morgan fingerprint density at radius 3 is 1.44 bits per heavy atom. The Balaban J connectivity index is -0.0000000635. The van der Waals surface area contributed by atoms with E-state index in [-0.39, 0.29) is 13.2 Å². The first-order valence-corrected chi connectivity index (χ1v) is 5.51. The third-order valence-corrected chi connectivity index (χ3v) is 0.802. The summed E-state index contributed by atoms with van der Waals surface area (Å²) in [5.41, 5.74) is 0. The lowest BCUT2D eigenvalue weighted by molar-refractivity contribution is 0.186. The lowest BCUT2D eigenvalue weighted by Crippen LogP contribution is -1.85. The van der Waals surface area contributed by atoms with Gasteiger partial charge in [-0.05, 0) is 20.3 Å². The Kier molecular flexibility index (Phi) is 72.6. The summed E-state index contributed by atoms with van der Waals surface area (Å²) in [7, 11) is 1.73. The van der Waals surface area contributed by atoms with Gasteiger partial charge in [0.15, 0.2) is 0 Å². The second kappa shape index (κ2) is 47.3. The molecular formula is C13H30O3. The van der Waals surface area contributed by atoms with Crippen molar-refractivity contribution in [1.29, 1.82) is 0 Å². The van der Waals surface area contributed by atoms with Gasteiger partial charge >= 0.3 is 0 Å². The fourth-order valence-corrected chi connectivity index (χ4v) is 0.289. The zero-order chi connectivity index (χ0) is 13.7. The molecule has 0 bridgehead atoms. The molecule has 0 heterocycles. The minimum absolute atomic E-state index is 0.125. The van der Waals surface area contributed by atoms with Crippen molar-refractivity contribution in [3.8, 4) is 0 Å². The quantitative estimate of drug-likeness (QED) is 0.581. The van der Waals surface area contributed by atoms with E-state index in [2.05, 4.69) is 20.1 Å². The molecule has 3 nitrogen and oxygen atoms in total. The van der Waals surface area contributed by atoms with E-state index in [0.29, 0.717) is 0 Å². The zero-order valence-electron chi connectivity index (χ0n) is 11.4. The monoisotopic (exact) mass is 234 g/mol. The molecule has 0 saturated carbocycles. The summed E-state index contributed by atoms with van der Waals surface area (Å²) < 4.78 is 4.78. The zero-order valence-corrected chi connectivity index (χ0v) is 11.4. The average molecular weight is 234 g/mol. The van der Waals surface area contributed by atoms with Crippen LogP contribution in [0.5, 0.6) is 0 Å². The van der Waals surface area contributed by atoms with Crippen molar-refractivity contribution >= 4 is 0 Å². The summed E-state index contributed by atoms with van der Waals surface area (Å²) in [5.74, 6) is 0. The van der Waals surface area contributed by atoms with E-state index in [1.165, 1.54) is 12.8 Å². The van der Waals surface area contributed by atoms with Crippen molar-refractivity contribution in [3.63, 3.8) is 0 Å². The highest BCUT2D eigenvalue weighted by molar-refractivity contribution is 4.51. The van der Waals surface area contributed by atoms with E-state index in [1.54, 1.807) is 19.3 Å². The van der Waals surface area contributed by atoms with Crippen LogP contribution in [0.4, 0.5) is 0 Å². The maximum absolute atomic E-state index is 7.62. The molecule has 16 heavy (non-hydrogen) atoms. The van der Waals surface area contributed by atoms with Gasteiger partial charge in [0.1, 0.15) is 0 Å². The molecule has 0 aliphatic carbocycles. The molecular weight excluding hydrogens is 204 g/mol. The number of ether oxygens (including phenoxy) is 1. The van der Waals surface area contributed by atoms with Crippen molar-refractivity contribution < 1.29 is 14.9 Å². The molecule has 0 radical (unpaired) electrons. The summed E-state index contributed by atoms with van der Waals surface area (Å²) >= 11 is 0. The second-order valence-electron chi connectivity index (χ2n) is 2.61. The van der Waals surface area contributed by atoms with Gasteiger partial charge in [0.05, 0.1) is 13.2 Å². The van der Waals surface area contributed by atoms with Crippen LogP contribution in [0.25, 0.3) is 0 Å². The van der Waals surface area contributed by atoms with Crippen molar-refractivity contribution in [2.45, 2.75) is 33.6 Å². The van der Waals surface area contributed by atoms with E-state index in [9.17, 15) is 0 Å². The van der Waals surface area contributed by atoms with Crippen molar-refractivity contribution in [2.24, 2.45) is 0 Å². The third-order valence-electron chi connectivity index (χ3n) is 0.802. The van der Waals surface area contributed by atoms with Gasteiger partial charge in [-0.15, -0.1) is 13.2 Å². The fourth-order valence-electron chi connectivity index (χ4n) is 0.289. The Morgan fingerprint density at radius 1 is 1.06 bits per heavy atom. The molecule has 0 spiro atoms. The van der Waals surface area contributed by atoms with Gasteiger partial charge in [0, 0.05) is 13.7 Å². The topological polar surface area (TPSA) is 49.7 Å². The molecule has 0 atom stereocenters. The minimum Gasteiger partial charge on any atom is -0.394 e. The molecule has 2 N–H and O–H groups in total. The summed E-state index contributed by atoms with van der Waals surface area (Å²) in [6.45, 7) is 13.3. The molecule has 0 aromatic carbocycles. The number of allylic oxidation sites excluding steroid dienone is 2. The van der Waals surface area contributed by atoms with Gasteiger partial charge in [-0.1, -0.05) is 25.5 Å². The fraction of sp³-hybridized carbons (Fsp3) is 0.692. The molecule has 0 rings (SSSR count). The standard InChI is InChI=1S/C5H12O.2C3H6.C2H6O2/c1-3-4-5-6-2;2*1-3-2;3-1-2-4/h3-5H2,1-2H3;2*3H,1H2,2H3;3-4H,1-2H2. The lowest BCUT2D eigenvalue weighted by Gasteiger charge is -1.89. The van der Waals surface area contributed by atoms with Crippen molar-refractivity contribution in [3.05, 3.63) is 25.3 Å². The van der Waals surface area contributed by atoms with Crippen LogP contribution in [0.1, 0.15) is 33.6 Å². The van der Waals surface area contributed by atoms with Crippen LogP contribution in [0.3, 0.4) is 0 Å². The highest BCUT2D eigenvalue weighted by atomic mass is 16.5. The molecule has 0 aliphatic rings. The number of unbranched alkanes of at least 4 members (excludes halogenated alkanes) is 1. The van der Waals surface area contributed by atoms with E-state index in [1.807, 2.05) is 13.8 Å². The minimum atomic E-state index is -0.125. The summed E-state index contributed by atoms with van der Waals surface area (Å²) in [6, 6.07) is 0. The number of rotatable bonds is 4. The first kappa shape index (κ1) is 24.5. The predicted octanol–water partition coefficient (Wildman–Crippen LogP) is 2.79. The second-order valence-corrected chi connectivity index (χ2v) is 2.61. The molecule has 0 aromatic heterocycles. The summed E-state index contributed by atoms with van der Waals surface area (Å²) in [6.07, 6.45) is 5.92. The third kappa shape index (κ3) is 181. The number of hydrogen-bond donors (Lipinski definition) is 2. The molecule has 0 amide bonds. The van der Waals surface area contributed by atoms with Crippen molar-refractivity contribution in [2.75, 3.05) is 26.9 Å². The Hall–Kier alpha value is -0.640. The van der Waals surface area contributed by atoms with Gasteiger partial charge < -0.3 is 14.9 Å². The Labute approximate surface area is 101 Å². The summed E-state index contributed by atoms with van der Waals surface area (Å²) in [5, 5.41) is 15.2. The molecule has 0 fully saturated rings. The highest BCUT2D eigenvalue weighted by Gasteiger charge is 1.74. The van der Waals surface area contributed by atoms with Crippen LogP contribution < -0.4 is 0 Å². The van der Waals surface area contributed by atoms with Gasteiger partial charge in [-0.3, -0.25) is 0 Å². The van der Waals surface area contributed by atoms with Crippen LogP contribution >= 0.6 is 0 Å². The van der Waals surface area contributed by atoms with Crippen LogP contribution in [0.2, 0.25) is 0 Å². The van der Waals surface area contributed by atoms with Crippen LogP contribution in [-0.2, 0) is 4.74 Å². The maximum Gasteiger partial charge on any atom is 0.0662 e. The Morgan fingerprint density at radius 2 is 1.38 bits per heavy atom. The predicted molar refractivity (Wildman–Crippen MR) is 72.7 cm³/mol. The molecule has 100 valence electrons. The largest absolute Gasteiger partial charge is 0.394 e. The van der Waals surface area contributed by atoms with Gasteiger partial charge in [0.2, 0.25) is 0 Å². The lowest BCUT2D eigenvalue weighted by atomic mass is 10.4. The van der Waals surface area contributed by atoms with E-state index in [4.69, 9.17) is 14.9 Å². The van der Waals surface area contributed by atoms with Crippen LogP contribution in [-0.4, -0.2) is 37.1 Å². The Bertz CT molecular complexity index is 81.2. The molecule has 0 saturated heterocycles. The first-order valence-electron chi connectivity index (χ1n) is 5.51. The number of methoxy groups -OCH3 is 1. The molecule has 3 heteroatoms. The van der Waals surface area contributed by atoms with E-state index < -0.39 is 0 Å². The number of aliphatic hydroxyl groups is 2. The molecule has 0 unspecified atom stereocenters.